The highest BCUT2D eigenvalue weighted by Crippen LogP contribution is 2.26. The molecule has 0 unspecified atom stereocenters. The maximum Gasteiger partial charge on any atom is 0.407 e. The number of ether oxygens (including phenoxy) is 1. The smallest absolute Gasteiger partial charge is 0.407 e. The zero-order valence-corrected chi connectivity index (χ0v) is 14.0. The largest absolute Gasteiger partial charge is 0.471 e. The Kier molecular flexibility index (Phi) is 4.74. The van der Waals surface area contributed by atoms with Crippen molar-refractivity contribution in [3.05, 3.63) is 30.4 Å². The Morgan fingerprint density at radius 2 is 2.19 bits per heavy atom. The number of halogens is 1. The number of aromatic nitrogens is 3. The Balaban J connectivity index is 1.81. The van der Waals surface area contributed by atoms with E-state index in [4.69, 9.17) is 15.6 Å². The van der Waals surface area contributed by atoms with Crippen molar-refractivity contribution in [3.63, 3.8) is 0 Å². The minimum atomic E-state index is -1.53. The predicted molar refractivity (Wildman–Crippen MR) is 88.5 cm³/mol. The topological polar surface area (TPSA) is 124 Å². The van der Waals surface area contributed by atoms with Gasteiger partial charge in [-0.1, -0.05) is 0 Å². The molecule has 138 valence electrons. The number of carbonyl (C=O) groups excluding carboxylic acids is 1. The van der Waals surface area contributed by atoms with E-state index in [1.165, 1.54) is 12.3 Å². The van der Waals surface area contributed by atoms with Gasteiger partial charge in [0.25, 0.3) is 5.91 Å². The third-order valence-electron chi connectivity index (χ3n) is 4.13. The van der Waals surface area contributed by atoms with Crippen LogP contribution in [0.4, 0.5) is 9.18 Å². The van der Waals surface area contributed by atoms with E-state index in [0.29, 0.717) is 11.3 Å². The molecular weight excluding hydrogens is 345 g/mol. The highest BCUT2D eigenvalue weighted by atomic mass is 19.1. The maximum absolute atomic E-state index is 14.2. The Labute approximate surface area is 148 Å². The molecule has 0 aliphatic carbocycles. The number of primary amides is 1. The quantitative estimate of drug-likeness (QED) is 0.837. The minimum Gasteiger partial charge on any atom is -0.471 e. The molecule has 3 heterocycles. The molecule has 1 aliphatic rings. The minimum absolute atomic E-state index is 0.0148. The van der Waals surface area contributed by atoms with E-state index in [1.54, 1.807) is 24.1 Å². The molecule has 2 aromatic heterocycles. The molecule has 2 atom stereocenters. The number of likely N-dealkylation sites (tertiary alicyclic amines) is 1. The van der Waals surface area contributed by atoms with Crippen LogP contribution >= 0.6 is 0 Å². The zero-order chi connectivity index (χ0) is 18.8. The molecule has 1 fully saturated rings. The fourth-order valence-corrected chi connectivity index (χ4v) is 2.76. The number of pyridine rings is 1. The van der Waals surface area contributed by atoms with Gasteiger partial charge in [0.1, 0.15) is 11.7 Å². The van der Waals surface area contributed by atoms with Crippen molar-refractivity contribution < 1.29 is 23.8 Å². The number of piperidine rings is 1. The van der Waals surface area contributed by atoms with Crippen LogP contribution in [0.25, 0.3) is 11.3 Å². The Morgan fingerprint density at radius 1 is 1.42 bits per heavy atom. The maximum atomic E-state index is 14.2. The van der Waals surface area contributed by atoms with Gasteiger partial charge in [0.2, 0.25) is 5.88 Å². The Bertz CT molecular complexity index is 840. The summed E-state index contributed by atoms with van der Waals surface area (Å²) in [6, 6.07) is 1.49. The van der Waals surface area contributed by atoms with Crippen molar-refractivity contribution >= 4 is 12.0 Å². The van der Waals surface area contributed by atoms with Crippen molar-refractivity contribution in [3.8, 4) is 17.1 Å². The lowest BCUT2D eigenvalue weighted by atomic mass is 10.1. The van der Waals surface area contributed by atoms with E-state index >= 15 is 0 Å². The molecule has 3 rings (SSSR count). The second-order valence-corrected chi connectivity index (χ2v) is 6.05. The summed E-state index contributed by atoms with van der Waals surface area (Å²) < 4.78 is 21.5. The van der Waals surface area contributed by atoms with Crippen molar-refractivity contribution in [2.75, 3.05) is 13.1 Å². The molecule has 10 heteroatoms. The van der Waals surface area contributed by atoms with Gasteiger partial charge in [-0.3, -0.25) is 4.79 Å². The highest BCUT2D eigenvalue weighted by molar-refractivity contribution is 5.96. The third kappa shape index (κ3) is 3.58. The fourth-order valence-electron chi connectivity index (χ4n) is 2.76. The van der Waals surface area contributed by atoms with Crippen molar-refractivity contribution in [1.29, 1.82) is 0 Å². The fraction of sp³-hybridized carbons (Fsp3) is 0.375. The van der Waals surface area contributed by atoms with Crippen LogP contribution in [0.15, 0.2) is 24.8 Å². The summed E-state index contributed by atoms with van der Waals surface area (Å²) >= 11 is 0. The van der Waals surface area contributed by atoms with Crippen LogP contribution < -0.4 is 10.5 Å². The monoisotopic (exact) mass is 363 g/mol. The first kappa shape index (κ1) is 17.6. The SMILES string of the molecule is Cn1cnc(-c2cnc(O[C@@H]3CCN(C(=O)O)C[C@@H]3F)c(C(N)=O)c2)c1. The number of hydrogen-bond acceptors (Lipinski definition) is 5. The number of carbonyl (C=O) groups is 2. The van der Waals surface area contributed by atoms with Gasteiger partial charge >= 0.3 is 6.09 Å². The average molecular weight is 363 g/mol. The number of amides is 2. The standard InChI is InChI=1S/C16H18FN5O4/c1-21-7-12(20-8-21)9-4-10(14(18)23)15(19-5-9)26-13-2-3-22(16(24)25)6-11(13)17/h4-5,7-8,11,13H,2-3,6H2,1H3,(H2,18,23)(H,24,25)/t11-,13+/m0/s1. The lowest BCUT2D eigenvalue weighted by Gasteiger charge is -2.33. The molecule has 0 radical (unpaired) electrons. The van der Waals surface area contributed by atoms with Gasteiger partial charge in [0.05, 0.1) is 18.6 Å². The molecule has 26 heavy (non-hydrogen) atoms. The summed E-state index contributed by atoms with van der Waals surface area (Å²) in [5.74, 6) is -0.836. The van der Waals surface area contributed by atoms with Crippen LogP contribution in [-0.2, 0) is 7.05 Å². The van der Waals surface area contributed by atoms with E-state index in [9.17, 15) is 14.0 Å². The Hall–Kier alpha value is -3.17. The van der Waals surface area contributed by atoms with Gasteiger partial charge < -0.3 is 25.0 Å². The number of hydrogen-bond donors (Lipinski definition) is 2. The number of rotatable bonds is 4. The average Bonchev–Trinajstić information content (AvgIpc) is 3.03. The van der Waals surface area contributed by atoms with Gasteiger partial charge in [-0.15, -0.1) is 0 Å². The number of nitrogens with two attached hydrogens (primary N) is 1. The second-order valence-electron chi connectivity index (χ2n) is 6.05. The number of nitrogens with zero attached hydrogens (tertiary/aromatic N) is 4. The zero-order valence-electron chi connectivity index (χ0n) is 14.0. The van der Waals surface area contributed by atoms with E-state index in [0.717, 1.165) is 4.90 Å². The summed E-state index contributed by atoms with van der Waals surface area (Å²) in [6.07, 6.45) is 1.35. The molecule has 2 aromatic rings. The molecule has 9 nitrogen and oxygen atoms in total. The van der Waals surface area contributed by atoms with E-state index in [1.807, 2.05) is 0 Å². The van der Waals surface area contributed by atoms with E-state index in [-0.39, 0.29) is 31.0 Å². The predicted octanol–water partition coefficient (Wildman–Crippen LogP) is 1.05. The Morgan fingerprint density at radius 3 is 2.77 bits per heavy atom. The van der Waals surface area contributed by atoms with Crippen LogP contribution in [0.5, 0.6) is 5.88 Å². The lowest BCUT2D eigenvalue weighted by Crippen LogP contribution is -2.49. The summed E-state index contributed by atoms with van der Waals surface area (Å²) in [6.45, 7) is -0.156. The molecule has 0 aromatic carbocycles. The lowest BCUT2D eigenvalue weighted by molar-refractivity contribution is 0.0222. The van der Waals surface area contributed by atoms with Crippen molar-refractivity contribution in [2.45, 2.75) is 18.7 Å². The first-order chi connectivity index (χ1) is 12.3. The summed E-state index contributed by atoms with van der Waals surface area (Å²) in [7, 11) is 1.81. The molecule has 0 spiro atoms. The number of imidazole rings is 1. The van der Waals surface area contributed by atoms with Gasteiger partial charge in [-0.2, -0.15) is 0 Å². The molecule has 3 N–H and O–H groups in total. The first-order valence-electron chi connectivity index (χ1n) is 7.92. The van der Waals surface area contributed by atoms with Gasteiger partial charge in [0.15, 0.2) is 6.17 Å². The molecule has 0 bridgehead atoms. The third-order valence-corrected chi connectivity index (χ3v) is 4.13. The molecule has 0 saturated carbocycles. The first-order valence-corrected chi connectivity index (χ1v) is 7.92. The van der Waals surface area contributed by atoms with Crippen LogP contribution in [0.2, 0.25) is 0 Å². The highest BCUT2D eigenvalue weighted by Gasteiger charge is 2.34. The molecule has 2 amide bonds. The van der Waals surface area contributed by atoms with Crippen LogP contribution in [0.3, 0.4) is 0 Å². The molecule has 1 aliphatic heterocycles. The second kappa shape index (κ2) is 6.98. The van der Waals surface area contributed by atoms with E-state index < -0.39 is 24.3 Å². The summed E-state index contributed by atoms with van der Waals surface area (Å²) in [5, 5.41) is 8.93. The van der Waals surface area contributed by atoms with Gasteiger partial charge in [-0.25, -0.2) is 19.2 Å². The molecular formula is C16H18FN5O4. The van der Waals surface area contributed by atoms with Crippen molar-refractivity contribution in [1.82, 2.24) is 19.4 Å². The normalized spacial score (nSPS) is 20.0. The number of alkyl halides is 1. The van der Waals surface area contributed by atoms with E-state index in [2.05, 4.69) is 9.97 Å². The van der Waals surface area contributed by atoms with Crippen LogP contribution in [0.1, 0.15) is 16.8 Å². The number of carboxylic acid groups (broad SMARTS) is 1. The van der Waals surface area contributed by atoms with Crippen LogP contribution in [-0.4, -0.2) is 61.9 Å². The summed E-state index contributed by atoms with van der Waals surface area (Å²) in [4.78, 5) is 32.0. The molecule has 1 saturated heterocycles. The van der Waals surface area contributed by atoms with Crippen LogP contribution in [0, 0.1) is 0 Å². The summed E-state index contributed by atoms with van der Waals surface area (Å²) in [5.41, 5.74) is 6.60. The van der Waals surface area contributed by atoms with Gasteiger partial charge in [0, 0.05) is 38.0 Å². The number of aryl methyl sites for hydroxylation is 1. The van der Waals surface area contributed by atoms with Crippen molar-refractivity contribution in [2.24, 2.45) is 12.8 Å². The van der Waals surface area contributed by atoms with Gasteiger partial charge in [-0.05, 0) is 6.07 Å².